The molecule has 0 fully saturated rings. The fraction of sp³-hybridized carbons (Fsp3) is 0.170. The first-order valence-corrected chi connectivity index (χ1v) is 23.2. The molecule has 7 aromatic carbocycles. The van der Waals surface area contributed by atoms with E-state index in [1.807, 2.05) is 176 Å². The molecule has 1 amide bonds. The van der Waals surface area contributed by atoms with Crippen molar-refractivity contribution in [3.05, 3.63) is 233 Å². The molecule has 0 bridgehead atoms. The van der Waals surface area contributed by atoms with Gasteiger partial charge in [-0.1, -0.05) is 170 Å². The maximum absolute atomic E-state index is 14.5. The second-order valence-electron chi connectivity index (χ2n) is 15.0. The smallest absolute Gasteiger partial charge is 0.489 e. The van der Waals surface area contributed by atoms with Gasteiger partial charge in [0.05, 0.1) is 13.2 Å². The monoisotopic (exact) mass is 906 g/mol. The molecule has 1 atom stereocenters. The molecule has 0 saturated heterocycles. The topological polar surface area (TPSA) is 114 Å². The predicted molar refractivity (Wildman–Crippen MR) is 256 cm³/mol. The molecule has 0 heterocycles. The summed E-state index contributed by atoms with van der Waals surface area (Å²) in [6.45, 7) is 1.22. The summed E-state index contributed by atoms with van der Waals surface area (Å²) in [7, 11) is -4.26. The first-order chi connectivity index (χ1) is 31.9. The van der Waals surface area contributed by atoms with Gasteiger partial charge < -0.3 is 29.4 Å². The lowest BCUT2D eigenvalue weighted by molar-refractivity contribution is -0.122. The van der Waals surface area contributed by atoms with Crippen molar-refractivity contribution in [1.82, 2.24) is 10.6 Å². The lowest BCUT2D eigenvalue weighted by Crippen LogP contribution is -2.48. The van der Waals surface area contributed by atoms with Crippen molar-refractivity contribution in [3.63, 3.8) is 0 Å². The second kappa shape index (κ2) is 24.4. The van der Waals surface area contributed by atoms with Crippen molar-refractivity contribution >= 4 is 31.1 Å². The summed E-state index contributed by atoms with van der Waals surface area (Å²) < 4.78 is 50.8. The zero-order chi connectivity index (χ0) is 44.9. The summed E-state index contributed by atoms with van der Waals surface area (Å²) in [6, 6.07) is 60.2. The van der Waals surface area contributed by atoms with E-state index in [1.165, 1.54) is 0 Å². The van der Waals surface area contributed by atoms with Gasteiger partial charge >= 0.3 is 7.82 Å². The zero-order valence-electron chi connectivity index (χ0n) is 35.8. The molecule has 12 heteroatoms. The molecule has 0 aliphatic heterocycles. The van der Waals surface area contributed by atoms with Gasteiger partial charge in [0, 0.05) is 13.0 Å². The Kier molecular flexibility index (Phi) is 17.3. The van der Waals surface area contributed by atoms with E-state index < -0.39 is 13.9 Å². The van der Waals surface area contributed by atoms with E-state index in [4.69, 9.17) is 40.0 Å². The molecular weight excluding hydrogens is 856 g/mol. The molecule has 0 saturated carbocycles. The summed E-state index contributed by atoms with van der Waals surface area (Å²) in [6.07, 6.45) is 0.775. The largest absolute Gasteiger partial charge is 0.530 e. The van der Waals surface area contributed by atoms with Gasteiger partial charge in [0.1, 0.15) is 31.6 Å². The van der Waals surface area contributed by atoms with Crippen LogP contribution in [-0.2, 0) is 69.0 Å². The fourth-order valence-electron chi connectivity index (χ4n) is 6.57. The highest BCUT2D eigenvalue weighted by atomic mass is 32.1. The van der Waals surface area contributed by atoms with Crippen LogP contribution in [0.1, 0.15) is 38.9 Å². The van der Waals surface area contributed by atoms with E-state index in [0.717, 1.165) is 39.1 Å². The molecule has 332 valence electrons. The summed E-state index contributed by atoms with van der Waals surface area (Å²) in [5, 5.41) is 6.29. The van der Waals surface area contributed by atoms with Gasteiger partial charge in [-0.3, -0.25) is 13.8 Å². The number of amides is 1. The van der Waals surface area contributed by atoms with Gasteiger partial charge in [-0.05, 0) is 81.8 Å². The van der Waals surface area contributed by atoms with Crippen LogP contribution in [0.4, 0.5) is 0 Å². The van der Waals surface area contributed by atoms with Crippen LogP contribution in [0.25, 0.3) is 0 Å². The van der Waals surface area contributed by atoms with E-state index >= 15 is 0 Å². The molecule has 65 heavy (non-hydrogen) atoms. The Labute approximate surface area is 386 Å². The summed E-state index contributed by atoms with van der Waals surface area (Å²) in [5.41, 5.74) is 6.25. The third-order valence-electron chi connectivity index (χ3n) is 10.1. The second-order valence-corrected chi connectivity index (χ2v) is 17.0. The lowest BCUT2D eigenvalue weighted by atomic mass is 10.0. The highest BCUT2D eigenvalue weighted by Crippen LogP contribution is 2.53. The quantitative estimate of drug-likeness (QED) is 0.0475. The van der Waals surface area contributed by atoms with E-state index in [-0.39, 0.29) is 55.4 Å². The molecule has 10 nitrogen and oxygen atoms in total. The van der Waals surface area contributed by atoms with Crippen LogP contribution in [-0.4, -0.2) is 23.7 Å². The number of carbonyl (C=O) groups excluding carboxylic acids is 1. The highest BCUT2D eigenvalue weighted by Gasteiger charge is 2.31. The van der Waals surface area contributed by atoms with Crippen LogP contribution in [0.3, 0.4) is 0 Å². The molecule has 0 aromatic heterocycles. The Morgan fingerprint density at radius 3 is 1.49 bits per heavy atom. The van der Waals surface area contributed by atoms with Crippen molar-refractivity contribution in [2.75, 3.05) is 6.54 Å². The predicted octanol–water partition coefficient (Wildman–Crippen LogP) is 11.1. The molecule has 0 spiro atoms. The van der Waals surface area contributed by atoms with Gasteiger partial charge in [-0.2, -0.15) is 0 Å². The van der Waals surface area contributed by atoms with Crippen molar-refractivity contribution in [2.45, 2.75) is 51.9 Å². The normalized spacial score (nSPS) is 11.5. The number of carbonyl (C=O) groups is 1. The number of benzene rings is 7. The van der Waals surface area contributed by atoms with Gasteiger partial charge in [0.25, 0.3) is 5.17 Å². The maximum Gasteiger partial charge on any atom is 0.530 e. The SMILES string of the molecule is O=C(NCCc1ccc(OCc2ccccc2)cc1)C(Cc1ccc(OP(=O)(OCc2ccccc2)OCc2ccccc2)c(OCc2ccccc2)c1)NC(=S)OCc1ccccc1. The lowest BCUT2D eigenvalue weighted by Gasteiger charge is -2.22. The van der Waals surface area contributed by atoms with E-state index in [0.29, 0.717) is 25.1 Å². The summed E-state index contributed by atoms with van der Waals surface area (Å²) in [5.74, 6) is 0.900. The van der Waals surface area contributed by atoms with Gasteiger partial charge in [0.15, 0.2) is 11.5 Å². The summed E-state index contributed by atoms with van der Waals surface area (Å²) in [4.78, 5) is 14.0. The zero-order valence-corrected chi connectivity index (χ0v) is 37.5. The Bertz CT molecular complexity index is 2530. The third kappa shape index (κ3) is 15.5. The minimum atomic E-state index is -4.26. The van der Waals surface area contributed by atoms with E-state index in [9.17, 15) is 9.36 Å². The molecule has 0 aliphatic rings. The van der Waals surface area contributed by atoms with Crippen molar-refractivity contribution < 1.29 is 37.1 Å². The molecule has 7 aromatic rings. The van der Waals surface area contributed by atoms with E-state index in [1.54, 1.807) is 18.2 Å². The standard InChI is InChI=1S/C53H51N2O8PS/c56-52(54-33-32-41-26-29-48(30-27-41)58-36-42-16-6-1-7-17-42)49(55-53(65)60-38-44-20-10-3-11-21-44)34-47-28-31-50(51(35-47)59-37-43-18-8-2-9-19-43)63-64(57,61-39-45-22-12-4-13-23-45)62-40-46-24-14-5-15-25-46/h1-31,35,49H,32-34,36-40H2,(H,54,56)(H,55,65). The number of hydrogen-bond donors (Lipinski definition) is 2. The number of thiocarbonyl (C=S) groups is 1. The maximum atomic E-state index is 14.5. The number of hydrogen-bond acceptors (Lipinski definition) is 9. The third-order valence-corrected chi connectivity index (χ3v) is 11.6. The average Bonchev–Trinajstić information content (AvgIpc) is 3.35. The average molecular weight is 907 g/mol. The van der Waals surface area contributed by atoms with Crippen LogP contribution >= 0.6 is 20.0 Å². The first-order valence-electron chi connectivity index (χ1n) is 21.3. The van der Waals surface area contributed by atoms with Gasteiger partial charge in [-0.15, -0.1) is 0 Å². The molecule has 0 radical (unpaired) electrons. The Morgan fingerprint density at radius 1 is 0.508 bits per heavy atom. The molecule has 0 aliphatic carbocycles. The minimum Gasteiger partial charge on any atom is -0.489 e. The number of nitrogens with one attached hydrogen (secondary N) is 2. The Morgan fingerprint density at radius 2 is 0.969 bits per heavy atom. The van der Waals surface area contributed by atoms with Crippen molar-refractivity contribution in [2.24, 2.45) is 0 Å². The van der Waals surface area contributed by atoms with Crippen LogP contribution in [0.15, 0.2) is 194 Å². The number of ether oxygens (including phenoxy) is 3. The molecule has 1 unspecified atom stereocenters. The highest BCUT2D eigenvalue weighted by molar-refractivity contribution is 7.80. The number of phosphoric acid groups is 1. The van der Waals surface area contributed by atoms with Gasteiger partial charge in [0.2, 0.25) is 5.91 Å². The van der Waals surface area contributed by atoms with E-state index in [2.05, 4.69) is 10.6 Å². The first kappa shape index (κ1) is 46.2. The molecule has 7 rings (SSSR count). The Hall–Kier alpha value is -6.75. The van der Waals surface area contributed by atoms with Crippen LogP contribution < -0.4 is 24.6 Å². The minimum absolute atomic E-state index is 0.0195. The molecule has 2 N–H and O–H groups in total. The van der Waals surface area contributed by atoms with Crippen LogP contribution in [0.2, 0.25) is 0 Å². The number of phosphoric ester groups is 1. The fourth-order valence-corrected chi connectivity index (χ4v) is 7.95. The summed E-state index contributed by atoms with van der Waals surface area (Å²) >= 11 is 5.61. The van der Waals surface area contributed by atoms with Crippen molar-refractivity contribution in [3.8, 4) is 17.2 Å². The van der Waals surface area contributed by atoms with Crippen molar-refractivity contribution in [1.29, 1.82) is 0 Å². The van der Waals surface area contributed by atoms with Crippen LogP contribution in [0, 0.1) is 0 Å². The molecular formula is C53H51N2O8PS. The Balaban J connectivity index is 1.08. The van der Waals surface area contributed by atoms with Crippen LogP contribution in [0.5, 0.6) is 17.2 Å². The van der Waals surface area contributed by atoms with Gasteiger partial charge in [-0.25, -0.2) is 4.57 Å². The number of rotatable bonds is 23.